The first-order valence-electron chi connectivity index (χ1n) is 12.9. The number of carbonyl (C=O) groups is 1. The molecule has 2 fully saturated rings. The van der Waals surface area contributed by atoms with Crippen molar-refractivity contribution in [3.05, 3.63) is 36.3 Å². The predicted octanol–water partition coefficient (Wildman–Crippen LogP) is 4.17. The lowest BCUT2D eigenvalue weighted by molar-refractivity contribution is -0.119. The molecule has 6 rings (SSSR count). The molecule has 1 amide bonds. The molecule has 184 valence electrons. The molecule has 8 heteroatoms. The lowest BCUT2D eigenvalue weighted by Crippen LogP contribution is -2.36. The zero-order valence-corrected chi connectivity index (χ0v) is 20.2. The minimum Gasteiger partial charge on any atom is -0.487 e. The average molecular weight is 476 g/mol. The van der Waals surface area contributed by atoms with Crippen LogP contribution in [0.1, 0.15) is 63.5 Å². The van der Waals surface area contributed by atoms with E-state index in [4.69, 9.17) is 15.2 Å². The molecule has 0 bridgehead atoms. The fraction of sp³-hybridized carbons (Fsp3) is 0.519. The van der Waals surface area contributed by atoms with Gasteiger partial charge in [0.1, 0.15) is 29.6 Å². The summed E-state index contributed by atoms with van der Waals surface area (Å²) in [4.78, 5) is 20.4. The van der Waals surface area contributed by atoms with Crippen LogP contribution in [0.15, 0.2) is 30.7 Å². The van der Waals surface area contributed by atoms with E-state index < -0.39 is 0 Å². The second-order valence-electron chi connectivity index (χ2n) is 10.2. The van der Waals surface area contributed by atoms with Gasteiger partial charge < -0.3 is 25.1 Å². The number of nitrogen functional groups attached to an aromatic ring is 1. The lowest BCUT2D eigenvalue weighted by atomic mass is 9.91. The number of nitrogens with one attached hydrogen (secondary N) is 1. The highest BCUT2D eigenvalue weighted by Gasteiger charge is 2.31. The maximum Gasteiger partial charge on any atom is 0.217 e. The van der Waals surface area contributed by atoms with Crippen LogP contribution in [0.3, 0.4) is 0 Å². The van der Waals surface area contributed by atoms with Gasteiger partial charge >= 0.3 is 0 Å². The Labute approximate surface area is 205 Å². The normalized spacial score (nSPS) is 26.3. The molecule has 3 aromatic rings. The van der Waals surface area contributed by atoms with Crippen LogP contribution in [0.5, 0.6) is 5.75 Å². The molecule has 3 aliphatic rings. The highest BCUT2D eigenvalue weighted by atomic mass is 16.5. The Morgan fingerprint density at radius 1 is 1.11 bits per heavy atom. The van der Waals surface area contributed by atoms with Crippen molar-refractivity contribution in [2.45, 2.75) is 82.6 Å². The van der Waals surface area contributed by atoms with Gasteiger partial charge in [0, 0.05) is 37.4 Å². The number of rotatable bonds is 4. The molecule has 1 saturated heterocycles. The van der Waals surface area contributed by atoms with Crippen molar-refractivity contribution in [1.82, 2.24) is 19.9 Å². The third kappa shape index (κ3) is 4.24. The number of carbonyl (C=O) groups excluding carboxylic acids is 1. The van der Waals surface area contributed by atoms with E-state index in [0.717, 1.165) is 85.9 Å². The van der Waals surface area contributed by atoms with Crippen LogP contribution >= 0.6 is 0 Å². The van der Waals surface area contributed by atoms with Crippen LogP contribution in [-0.2, 0) is 16.0 Å². The number of nitrogens with two attached hydrogens (primary N) is 1. The van der Waals surface area contributed by atoms with Crippen LogP contribution in [0, 0.1) is 0 Å². The number of nitrogens with zero attached hydrogens (tertiary/aromatic N) is 3. The molecule has 4 heterocycles. The molecule has 2 unspecified atom stereocenters. The van der Waals surface area contributed by atoms with Crippen LogP contribution in [0.25, 0.3) is 22.2 Å². The number of benzene rings is 1. The Morgan fingerprint density at radius 2 is 1.97 bits per heavy atom. The monoisotopic (exact) mass is 475 g/mol. The smallest absolute Gasteiger partial charge is 0.217 e. The first-order valence-corrected chi connectivity index (χ1v) is 12.9. The second kappa shape index (κ2) is 9.15. The summed E-state index contributed by atoms with van der Waals surface area (Å²) in [6.45, 7) is 2.42. The maximum absolute atomic E-state index is 11.5. The number of fused-ring (bicyclic) bond motifs is 2. The Kier molecular flexibility index (Phi) is 5.84. The van der Waals surface area contributed by atoms with Crippen LogP contribution in [-0.4, -0.2) is 45.3 Å². The van der Waals surface area contributed by atoms with E-state index in [0.29, 0.717) is 11.9 Å². The minimum atomic E-state index is 0.0408. The van der Waals surface area contributed by atoms with Crippen molar-refractivity contribution < 1.29 is 14.3 Å². The van der Waals surface area contributed by atoms with Gasteiger partial charge in [0.05, 0.1) is 11.5 Å². The fourth-order valence-corrected chi connectivity index (χ4v) is 6.11. The van der Waals surface area contributed by atoms with Crippen molar-refractivity contribution >= 4 is 22.8 Å². The second-order valence-corrected chi connectivity index (χ2v) is 10.2. The average Bonchev–Trinajstić information content (AvgIpc) is 3.53. The van der Waals surface area contributed by atoms with E-state index in [1.54, 1.807) is 13.3 Å². The van der Waals surface area contributed by atoms with Gasteiger partial charge in [-0.2, -0.15) is 0 Å². The predicted molar refractivity (Wildman–Crippen MR) is 134 cm³/mol. The Hall–Kier alpha value is -3.13. The summed E-state index contributed by atoms with van der Waals surface area (Å²) in [5, 5.41) is 3.96. The molecule has 2 aliphatic heterocycles. The molecule has 1 aromatic carbocycles. The van der Waals surface area contributed by atoms with Crippen LogP contribution in [0.2, 0.25) is 0 Å². The summed E-state index contributed by atoms with van der Waals surface area (Å²) in [6, 6.07) is 7.05. The molecule has 1 saturated carbocycles. The van der Waals surface area contributed by atoms with E-state index in [1.807, 2.05) is 0 Å². The summed E-state index contributed by atoms with van der Waals surface area (Å²) in [7, 11) is 0. The topological polar surface area (TPSA) is 104 Å². The molecule has 1 aliphatic carbocycles. The van der Waals surface area contributed by atoms with Gasteiger partial charge in [-0.25, -0.2) is 9.97 Å². The van der Waals surface area contributed by atoms with Crippen molar-refractivity contribution in [1.29, 1.82) is 0 Å². The van der Waals surface area contributed by atoms with E-state index in [9.17, 15) is 4.79 Å². The quantitative estimate of drug-likeness (QED) is 0.587. The summed E-state index contributed by atoms with van der Waals surface area (Å²) in [5.74, 6) is 1.48. The summed E-state index contributed by atoms with van der Waals surface area (Å²) >= 11 is 0. The molecule has 8 nitrogen and oxygen atoms in total. The highest BCUT2D eigenvalue weighted by molar-refractivity contribution is 6.00. The van der Waals surface area contributed by atoms with Crippen molar-refractivity contribution in [2.75, 3.05) is 12.3 Å². The Balaban J connectivity index is 1.32. The molecule has 2 atom stereocenters. The summed E-state index contributed by atoms with van der Waals surface area (Å²) in [5.41, 5.74) is 10.6. The van der Waals surface area contributed by atoms with Gasteiger partial charge in [-0.3, -0.25) is 4.79 Å². The Bertz CT molecular complexity index is 1240. The number of hydrogen-bond donors (Lipinski definition) is 2. The number of amides is 1. The highest BCUT2D eigenvalue weighted by Crippen LogP contribution is 2.41. The molecule has 0 radical (unpaired) electrons. The molecule has 3 N–H and O–H groups in total. The van der Waals surface area contributed by atoms with E-state index in [2.05, 4.69) is 44.2 Å². The number of anilines is 1. The SMILES string of the molecule is CC(=O)N[C@H]1CC[C@H](n2cc(-c3ccc4c(c3)OC(C3CCCO3)CC4)c3c(N)ncnc32)CC1. The maximum atomic E-state index is 11.5. The number of hydrogen-bond acceptors (Lipinski definition) is 6. The molecule has 2 aromatic heterocycles. The molecule has 35 heavy (non-hydrogen) atoms. The third-order valence-corrected chi connectivity index (χ3v) is 7.87. The third-order valence-electron chi connectivity index (χ3n) is 7.87. The van der Waals surface area contributed by atoms with Crippen molar-refractivity contribution in [2.24, 2.45) is 0 Å². The minimum absolute atomic E-state index is 0.0408. The first-order chi connectivity index (χ1) is 17.1. The lowest BCUT2D eigenvalue weighted by Gasteiger charge is -2.30. The van der Waals surface area contributed by atoms with Gasteiger partial charge in [-0.05, 0) is 68.6 Å². The van der Waals surface area contributed by atoms with Crippen LogP contribution < -0.4 is 15.8 Å². The van der Waals surface area contributed by atoms with Gasteiger partial charge in [-0.15, -0.1) is 0 Å². The standard InChI is InChI=1S/C27H33N5O3/c1-16(33)31-19-7-9-20(10-8-19)32-14-21(25-26(28)29-15-30-27(25)32)18-5-4-17-6-11-23(35-24(17)13-18)22-3-2-12-34-22/h4-5,13-15,19-20,22-23H,2-3,6-12H2,1H3,(H,31,33)(H2,28,29,30)/t19-,20-,22?,23?. The molecule has 0 spiro atoms. The molecular weight excluding hydrogens is 442 g/mol. The number of aromatic nitrogens is 3. The number of ether oxygens (including phenoxy) is 2. The van der Waals surface area contributed by atoms with E-state index >= 15 is 0 Å². The largest absolute Gasteiger partial charge is 0.487 e. The van der Waals surface area contributed by atoms with E-state index in [-0.39, 0.29) is 24.2 Å². The van der Waals surface area contributed by atoms with E-state index in [1.165, 1.54) is 5.56 Å². The fourth-order valence-electron chi connectivity index (χ4n) is 6.11. The van der Waals surface area contributed by atoms with Crippen molar-refractivity contribution in [3.8, 4) is 16.9 Å². The zero-order valence-electron chi connectivity index (χ0n) is 20.2. The van der Waals surface area contributed by atoms with Gasteiger partial charge in [-0.1, -0.05) is 12.1 Å². The van der Waals surface area contributed by atoms with Crippen molar-refractivity contribution in [3.63, 3.8) is 0 Å². The first kappa shape index (κ1) is 22.3. The van der Waals surface area contributed by atoms with Crippen LogP contribution in [0.4, 0.5) is 5.82 Å². The Morgan fingerprint density at radius 3 is 2.74 bits per heavy atom. The zero-order chi connectivity index (χ0) is 23.9. The summed E-state index contributed by atoms with van der Waals surface area (Å²) < 4.78 is 14.6. The summed E-state index contributed by atoms with van der Waals surface area (Å²) in [6.07, 6.45) is 12.1. The molecular formula is C27H33N5O3. The number of aryl methyl sites for hydroxylation is 1. The van der Waals surface area contributed by atoms with Gasteiger partial charge in [0.2, 0.25) is 5.91 Å². The van der Waals surface area contributed by atoms with Gasteiger partial charge in [0.15, 0.2) is 0 Å². The van der Waals surface area contributed by atoms with Gasteiger partial charge in [0.25, 0.3) is 0 Å².